The molecule has 50 heavy (non-hydrogen) atoms. The van der Waals surface area contributed by atoms with E-state index < -0.39 is 5.97 Å². The summed E-state index contributed by atoms with van der Waals surface area (Å²) in [6, 6.07) is 29.0. The van der Waals surface area contributed by atoms with Crippen LogP contribution >= 0.6 is 0 Å². The van der Waals surface area contributed by atoms with Crippen LogP contribution in [0.4, 0.5) is 0 Å². The van der Waals surface area contributed by atoms with Crippen molar-refractivity contribution < 1.29 is 37.7 Å². The minimum Gasteiger partial charge on any atom is -0.487 e. The molecule has 0 aliphatic rings. The Kier molecular flexibility index (Phi) is 12.3. The van der Waals surface area contributed by atoms with E-state index in [2.05, 4.69) is 9.97 Å². The Morgan fingerprint density at radius 3 is 1.34 bits per heavy atom. The molecule has 0 spiro atoms. The highest BCUT2D eigenvalue weighted by molar-refractivity contribution is 5.89. The topological polar surface area (TPSA) is 134 Å². The van der Waals surface area contributed by atoms with E-state index in [-0.39, 0.29) is 19.0 Å². The molecule has 0 atom stereocenters. The molecule has 10 nitrogen and oxygen atoms in total. The lowest BCUT2D eigenvalue weighted by Gasteiger charge is -2.04. The second-order valence-electron chi connectivity index (χ2n) is 11.2. The van der Waals surface area contributed by atoms with Crippen LogP contribution in [0.5, 0.6) is 11.5 Å². The molecule has 2 heterocycles. The number of nitrogens with zero attached hydrogens (tertiary/aromatic N) is 2. The van der Waals surface area contributed by atoms with Crippen LogP contribution in [0.1, 0.15) is 62.2 Å². The number of carbonyl (C=O) groups is 2. The predicted octanol–water partition coefficient (Wildman–Crippen LogP) is 9.20. The largest absolute Gasteiger partial charge is 0.487 e. The lowest BCUT2D eigenvalue weighted by atomic mass is 10.1. The highest BCUT2D eigenvalue weighted by Crippen LogP contribution is 2.25. The molecule has 0 aliphatic carbocycles. The maximum Gasteiger partial charge on any atom is 0.337 e. The fourth-order valence-corrected chi connectivity index (χ4v) is 4.57. The molecule has 0 aliphatic heterocycles. The number of carboxylic acid groups (broad SMARTS) is 1. The third kappa shape index (κ3) is 9.47. The molecular weight excluding hydrogens is 636 g/mol. The zero-order valence-electron chi connectivity index (χ0n) is 27.9. The van der Waals surface area contributed by atoms with E-state index in [4.69, 9.17) is 28.2 Å². The summed E-state index contributed by atoms with van der Waals surface area (Å²) in [5.74, 6) is 2.56. The van der Waals surface area contributed by atoms with Crippen molar-refractivity contribution in [3.63, 3.8) is 0 Å². The Hall–Kier alpha value is -6.16. The molecule has 4 aromatic carbocycles. The van der Waals surface area contributed by atoms with Gasteiger partial charge in [0.15, 0.2) is 0 Å². The number of aromatic carboxylic acids is 1. The fraction of sp³-hybridized carbons (Fsp3) is 0.200. The van der Waals surface area contributed by atoms with Gasteiger partial charge in [0.05, 0.1) is 18.2 Å². The summed E-state index contributed by atoms with van der Waals surface area (Å²) >= 11 is 0. The Balaban J connectivity index is 0.000000220. The average Bonchev–Trinajstić information content (AvgIpc) is 3.69. The third-order valence-electron chi connectivity index (χ3n) is 7.51. The first-order valence-electron chi connectivity index (χ1n) is 15.4. The van der Waals surface area contributed by atoms with Gasteiger partial charge in [0.25, 0.3) is 0 Å². The van der Waals surface area contributed by atoms with Crippen molar-refractivity contribution in [2.45, 2.75) is 48.3 Å². The number of esters is 1. The molecule has 0 amide bonds. The van der Waals surface area contributed by atoms with Crippen molar-refractivity contribution in [2.24, 2.45) is 0 Å². The second kappa shape index (κ2) is 16.8. The van der Waals surface area contributed by atoms with Crippen molar-refractivity contribution in [1.29, 1.82) is 0 Å². The summed E-state index contributed by atoms with van der Waals surface area (Å²) in [4.78, 5) is 31.3. The molecule has 6 aromatic rings. The molecule has 258 valence electrons. The van der Waals surface area contributed by atoms with Crippen LogP contribution in [0.2, 0.25) is 0 Å². The number of oxazole rings is 2. The lowest BCUT2D eigenvalue weighted by molar-refractivity contribution is 0.0599. The molecular formula is C40H40N2O8. The molecule has 2 aromatic heterocycles. The predicted molar refractivity (Wildman–Crippen MR) is 189 cm³/mol. The van der Waals surface area contributed by atoms with Crippen LogP contribution in [-0.2, 0) is 18.0 Å². The zero-order valence-corrected chi connectivity index (χ0v) is 27.9. The maximum atomic E-state index is 11.5. The van der Waals surface area contributed by atoms with E-state index in [0.29, 0.717) is 47.8 Å². The van der Waals surface area contributed by atoms with E-state index in [1.54, 1.807) is 36.4 Å². The van der Waals surface area contributed by atoms with Gasteiger partial charge in [0, 0.05) is 11.1 Å². The normalized spacial score (nSPS) is 10.3. The first kappa shape index (κ1) is 36.7. The van der Waals surface area contributed by atoms with Gasteiger partial charge in [0.1, 0.15) is 47.6 Å². The minimum absolute atomic E-state index is 0. The number of hydrogen-bond donors (Lipinski definition) is 1. The molecule has 0 radical (unpaired) electrons. The molecule has 0 bridgehead atoms. The summed E-state index contributed by atoms with van der Waals surface area (Å²) in [5, 5.41) is 8.93. The molecule has 0 saturated heterocycles. The summed E-state index contributed by atoms with van der Waals surface area (Å²) in [6.07, 6.45) is 0. The van der Waals surface area contributed by atoms with Gasteiger partial charge in [-0.3, -0.25) is 0 Å². The van der Waals surface area contributed by atoms with Gasteiger partial charge in [-0.25, -0.2) is 19.6 Å². The van der Waals surface area contributed by atoms with E-state index in [1.165, 1.54) is 30.4 Å². The standard InChI is InChI=1S/C20H19NO4.C19H17NO4.CH4/c1-13-4-10-17(11-5-13)24-12-18-14(2)25-19(21-18)15-6-8-16(9-7-15)20(22)23-3;1-12-3-9-16(10-4-12)23-11-17-13(2)24-18(20-17)14-5-7-15(8-6-14)19(21)22;/h4-11H,12H2,1-3H3;3-10H,11H2,1-2H3,(H,21,22);1H4. The first-order valence-corrected chi connectivity index (χ1v) is 15.4. The van der Waals surface area contributed by atoms with Gasteiger partial charge in [0.2, 0.25) is 11.8 Å². The summed E-state index contributed by atoms with van der Waals surface area (Å²) in [5.41, 5.74) is 6.04. The van der Waals surface area contributed by atoms with Gasteiger partial charge in [-0.05, 0) is 100 Å². The summed E-state index contributed by atoms with van der Waals surface area (Å²) < 4.78 is 27.6. The minimum atomic E-state index is -0.961. The van der Waals surface area contributed by atoms with Crippen LogP contribution in [0.15, 0.2) is 106 Å². The monoisotopic (exact) mass is 676 g/mol. The Labute approximate surface area is 291 Å². The number of aryl methyl sites for hydroxylation is 4. The number of ether oxygens (including phenoxy) is 3. The molecule has 10 heteroatoms. The van der Waals surface area contributed by atoms with E-state index in [1.807, 2.05) is 76.2 Å². The number of benzene rings is 4. The summed E-state index contributed by atoms with van der Waals surface area (Å²) in [6.45, 7) is 8.38. The van der Waals surface area contributed by atoms with Crippen LogP contribution in [0.3, 0.4) is 0 Å². The Bertz CT molecular complexity index is 2010. The average molecular weight is 677 g/mol. The van der Waals surface area contributed by atoms with Gasteiger partial charge >= 0.3 is 11.9 Å². The van der Waals surface area contributed by atoms with Gasteiger partial charge < -0.3 is 28.2 Å². The van der Waals surface area contributed by atoms with E-state index in [0.717, 1.165) is 28.3 Å². The van der Waals surface area contributed by atoms with E-state index >= 15 is 0 Å². The van der Waals surface area contributed by atoms with Crippen molar-refractivity contribution in [3.05, 3.63) is 142 Å². The Morgan fingerprint density at radius 1 is 0.600 bits per heavy atom. The van der Waals surface area contributed by atoms with E-state index in [9.17, 15) is 9.59 Å². The number of methoxy groups -OCH3 is 1. The van der Waals surface area contributed by atoms with Crippen LogP contribution in [0, 0.1) is 27.7 Å². The number of hydrogen-bond acceptors (Lipinski definition) is 9. The molecule has 1 N–H and O–H groups in total. The maximum absolute atomic E-state index is 11.5. The number of aromatic nitrogens is 2. The molecule has 0 saturated carbocycles. The van der Waals surface area contributed by atoms with Gasteiger partial charge in [-0.1, -0.05) is 42.8 Å². The zero-order chi connectivity index (χ0) is 34.9. The van der Waals surface area contributed by atoms with Crippen molar-refractivity contribution in [1.82, 2.24) is 9.97 Å². The number of carbonyl (C=O) groups excluding carboxylic acids is 1. The molecule has 0 unspecified atom stereocenters. The highest BCUT2D eigenvalue weighted by atomic mass is 16.5. The van der Waals surface area contributed by atoms with Gasteiger partial charge in [-0.15, -0.1) is 0 Å². The van der Waals surface area contributed by atoms with Crippen LogP contribution in [-0.4, -0.2) is 34.1 Å². The Morgan fingerprint density at radius 2 is 0.980 bits per heavy atom. The van der Waals surface area contributed by atoms with Crippen molar-refractivity contribution in [2.75, 3.05) is 7.11 Å². The fourth-order valence-electron chi connectivity index (χ4n) is 4.57. The van der Waals surface area contributed by atoms with Crippen molar-refractivity contribution >= 4 is 11.9 Å². The number of rotatable bonds is 10. The SMILES string of the molecule is C.COC(=O)c1ccc(-c2nc(COc3ccc(C)cc3)c(C)o2)cc1.Cc1ccc(OCc2nc(-c3ccc(C(=O)O)cc3)oc2C)cc1. The van der Waals surface area contributed by atoms with Crippen LogP contribution in [0.25, 0.3) is 22.9 Å². The quantitative estimate of drug-likeness (QED) is 0.140. The van der Waals surface area contributed by atoms with Crippen molar-refractivity contribution in [3.8, 4) is 34.4 Å². The molecule has 6 rings (SSSR count). The highest BCUT2D eigenvalue weighted by Gasteiger charge is 2.15. The smallest absolute Gasteiger partial charge is 0.337 e. The molecule has 0 fully saturated rings. The van der Waals surface area contributed by atoms with Crippen LogP contribution < -0.4 is 9.47 Å². The third-order valence-corrected chi connectivity index (χ3v) is 7.51. The lowest BCUT2D eigenvalue weighted by Crippen LogP contribution is -2.00. The second-order valence-corrected chi connectivity index (χ2v) is 11.2. The summed E-state index contributed by atoms with van der Waals surface area (Å²) in [7, 11) is 1.36. The van der Waals surface area contributed by atoms with Gasteiger partial charge in [-0.2, -0.15) is 0 Å². The first-order chi connectivity index (χ1) is 23.6. The number of carboxylic acids is 1.